The Labute approximate surface area is 167 Å². The number of hydrogen-bond donors (Lipinski definition) is 3. The number of aryl methyl sites for hydroxylation is 1. The predicted octanol–water partition coefficient (Wildman–Crippen LogP) is 2.35. The molecule has 2 aromatic heterocycles. The standard InChI is InChI=1S/C19H24N6O2S/c1-4-15(26)22-13-6-5-7-25(12(13)3)14-9-21-17(18(20)27)19(23-14)24-16-8-11(2)10-28-16/h4,8-10,12-13H,1,5-7H2,2-3H3,(H2,20,27)(H,22,26)(H,23,24)/t12-,13-/m1/s1. The molecule has 1 aliphatic heterocycles. The van der Waals surface area contributed by atoms with Gasteiger partial charge in [-0.15, -0.1) is 11.3 Å². The number of carbonyl (C=O) groups is 2. The number of nitrogens with zero attached hydrogens (tertiary/aromatic N) is 3. The normalized spacial score (nSPS) is 19.1. The number of nitrogens with two attached hydrogens (primary N) is 1. The third-order valence-electron chi connectivity index (χ3n) is 4.76. The van der Waals surface area contributed by atoms with Crippen LogP contribution < -0.4 is 21.3 Å². The number of amides is 2. The fraction of sp³-hybridized carbons (Fsp3) is 0.368. The molecular weight excluding hydrogens is 376 g/mol. The summed E-state index contributed by atoms with van der Waals surface area (Å²) in [6.07, 6.45) is 4.61. The largest absolute Gasteiger partial charge is 0.364 e. The van der Waals surface area contributed by atoms with Gasteiger partial charge in [0.25, 0.3) is 5.91 Å². The van der Waals surface area contributed by atoms with E-state index in [1.54, 1.807) is 6.20 Å². The monoisotopic (exact) mass is 400 g/mol. The molecule has 148 valence electrons. The van der Waals surface area contributed by atoms with Gasteiger partial charge in [-0.3, -0.25) is 9.59 Å². The van der Waals surface area contributed by atoms with Crippen molar-refractivity contribution in [3.8, 4) is 0 Å². The summed E-state index contributed by atoms with van der Waals surface area (Å²) in [5.41, 5.74) is 6.68. The molecule has 9 heteroatoms. The average molecular weight is 401 g/mol. The summed E-state index contributed by atoms with van der Waals surface area (Å²) < 4.78 is 0. The van der Waals surface area contributed by atoms with Crippen molar-refractivity contribution >= 4 is 39.8 Å². The third kappa shape index (κ3) is 4.30. The van der Waals surface area contributed by atoms with Crippen molar-refractivity contribution in [2.24, 2.45) is 5.73 Å². The van der Waals surface area contributed by atoms with Crippen molar-refractivity contribution < 1.29 is 9.59 Å². The Bertz CT molecular complexity index is 896. The highest BCUT2D eigenvalue weighted by atomic mass is 32.1. The van der Waals surface area contributed by atoms with E-state index in [0.29, 0.717) is 11.6 Å². The fourth-order valence-electron chi connectivity index (χ4n) is 3.30. The first-order valence-electron chi connectivity index (χ1n) is 9.07. The van der Waals surface area contributed by atoms with E-state index in [2.05, 4.69) is 32.1 Å². The van der Waals surface area contributed by atoms with E-state index in [1.807, 2.05) is 25.3 Å². The van der Waals surface area contributed by atoms with Gasteiger partial charge in [-0.05, 0) is 49.8 Å². The molecule has 1 aliphatic rings. The molecule has 2 amide bonds. The van der Waals surface area contributed by atoms with E-state index < -0.39 is 5.91 Å². The number of hydrogen-bond acceptors (Lipinski definition) is 7. The number of thiophene rings is 1. The van der Waals surface area contributed by atoms with Crippen molar-refractivity contribution in [1.82, 2.24) is 15.3 Å². The first-order chi connectivity index (χ1) is 13.4. The minimum absolute atomic E-state index is 0.0169. The Balaban J connectivity index is 1.88. The maximum absolute atomic E-state index is 11.8. The van der Waals surface area contributed by atoms with Crippen molar-refractivity contribution in [3.05, 3.63) is 41.6 Å². The number of nitrogens with one attached hydrogen (secondary N) is 2. The zero-order valence-electron chi connectivity index (χ0n) is 15.9. The van der Waals surface area contributed by atoms with Gasteiger partial charge in [0.1, 0.15) is 5.82 Å². The number of carbonyl (C=O) groups excluding carboxylic acids is 2. The summed E-state index contributed by atoms with van der Waals surface area (Å²) in [5, 5.41) is 8.98. The van der Waals surface area contributed by atoms with Crippen molar-refractivity contribution in [3.63, 3.8) is 0 Å². The van der Waals surface area contributed by atoms with E-state index in [9.17, 15) is 9.59 Å². The fourth-order valence-corrected chi connectivity index (χ4v) is 4.09. The number of anilines is 3. The highest BCUT2D eigenvalue weighted by Crippen LogP contribution is 2.28. The van der Waals surface area contributed by atoms with E-state index in [0.717, 1.165) is 30.0 Å². The summed E-state index contributed by atoms with van der Waals surface area (Å²) in [4.78, 5) is 34.5. The third-order valence-corrected chi connectivity index (χ3v) is 5.72. The molecule has 0 spiro atoms. The second-order valence-electron chi connectivity index (χ2n) is 6.80. The summed E-state index contributed by atoms with van der Waals surface area (Å²) in [6.45, 7) is 8.32. The summed E-state index contributed by atoms with van der Waals surface area (Å²) >= 11 is 1.52. The smallest absolute Gasteiger partial charge is 0.271 e. The maximum Gasteiger partial charge on any atom is 0.271 e. The minimum atomic E-state index is -0.641. The molecular formula is C19H24N6O2S. The van der Waals surface area contributed by atoms with Gasteiger partial charge in [0, 0.05) is 18.6 Å². The second kappa shape index (κ2) is 8.39. The predicted molar refractivity (Wildman–Crippen MR) is 111 cm³/mol. The van der Waals surface area contributed by atoms with Crippen molar-refractivity contribution in [2.45, 2.75) is 38.8 Å². The highest BCUT2D eigenvalue weighted by Gasteiger charge is 2.30. The van der Waals surface area contributed by atoms with Crippen LogP contribution in [0.1, 0.15) is 35.8 Å². The molecule has 2 aromatic rings. The van der Waals surface area contributed by atoms with Gasteiger partial charge in [0.15, 0.2) is 11.5 Å². The topological polar surface area (TPSA) is 113 Å². The highest BCUT2D eigenvalue weighted by molar-refractivity contribution is 7.14. The van der Waals surface area contributed by atoms with E-state index in [1.165, 1.54) is 17.4 Å². The van der Waals surface area contributed by atoms with Crippen LogP contribution in [0.2, 0.25) is 0 Å². The molecule has 28 heavy (non-hydrogen) atoms. The molecule has 0 aliphatic carbocycles. The zero-order valence-corrected chi connectivity index (χ0v) is 16.8. The Hall–Kier alpha value is -2.94. The molecule has 0 unspecified atom stereocenters. The Kier molecular flexibility index (Phi) is 5.93. The van der Waals surface area contributed by atoms with Gasteiger partial charge in [-0.2, -0.15) is 0 Å². The number of primary amides is 1. The molecule has 4 N–H and O–H groups in total. The summed E-state index contributed by atoms with van der Waals surface area (Å²) in [7, 11) is 0. The first kappa shape index (κ1) is 19.8. The van der Waals surface area contributed by atoms with Gasteiger partial charge < -0.3 is 21.3 Å². The molecule has 1 saturated heterocycles. The molecule has 0 aromatic carbocycles. The van der Waals surface area contributed by atoms with Gasteiger partial charge in [-0.25, -0.2) is 9.97 Å². The van der Waals surface area contributed by atoms with Crippen LogP contribution in [0.3, 0.4) is 0 Å². The lowest BCUT2D eigenvalue weighted by Crippen LogP contribution is -2.54. The number of piperidine rings is 1. The molecule has 3 rings (SSSR count). The van der Waals surface area contributed by atoms with Crippen molar-refractivity contribution in [2.75, 3.05) is 16.8 Å². The number of aromatic nitrogens is 2. The minimum Gasteiger partial charge on any atom is -0.364 e. The molecule has 0 bridgehead atoms. The van der Waals surface area contributed by atoms with Crippen LogP contribution in [0, 0.1) is 6.92 Å². The Morgan fingerprint density at radius 2 is 2.25 bits per heavy atom. The van der Waals surface area contributed by atoms with Crippen LogP contribution in [0.5, 0.6) is 0 Å². The van der Waals surface area contributed by atoms with Gasteiger partial charge in [0.05, 0.1) is 11.2 Å². The lowest BCUT2D eigenvalue weighted by atomic mass is 9.97. The molecule has 8 nitrogen and oxygen atoms in total. The molecule has 0 saturated carbocycles. The maximum atomic E-state index is 11.8. The van der Waals surface area contributed by atoms with Gasteiger partial charge >= 0.3 is 0 Å². The second-order valence-corrected chi connectivity index (χ2v) is 7.71. The molecule has 3 heterocycles. The van der Waals surface area contributed by atoms with Crippen LogP contribution >= 0.6 is 11.3 Å². The zero-order chi connectivity index (χ0) is 20.3. The van der Waals surface area contributed by atoms with Crippen LogP contribution in [0.15, 0.2) is 30.3 Å². The summed E-state index contributed by atoms with van der Waals surface area (Å²) in [5.74, 6) is 0.129. The Morgan fingerprint density at radius 3 is 2.89 bits per heavy atom. The first-order valence-corrected chi connectivity index (χ1v) is 9.95. The SMILES string of the molecule is C=CC(=O)N[C@@H]1CCCN(c2cnc(C(N)=O)c(Nc3cc(C)cs3)n2)[C@@H]1C. The van der Waals surface area contributed by atoms with Crippen LogP contribution in [0.25, 0.3) is 0 Å². The average Bonchev–Trinajstić information content (AvgIpc) is 3.07. The van der Waals surface area contributed by atoms with Crippen molar-refractivity contribution in [1.29, 1.82) is 0 Å². The van der Waals surface area contributed by atoms with Crippen LogP contribution in [0.4, 0.5) is 16.6 Å². The molecule has 1 fully saturated rings. The van der Waals surface area contributed by atoms with Gasteiger partial charge in [-0.1, -0.05) is 6.58 Å². The molecule has 2 atom stereocenters. The number of rotatable bonds is 6. The van der Waals surface area contributed by atoms with E-state index in [-0.39, 0.29) is 23.7 Å². The van der Waals surface area contributed by atoms with E-state index >= 15 is 0 Å². The van der Waals surface area contributed by atoms with Crippen LogP contribution in [-0.4, -0.2) is 40.4 Å². The lowest BCUT2D eigenvalue weighted by Gasteiger charge is -2.40. The van der Waals surface area contributed by atoms with Gasteiger partial charge in [0.2, 0.25) is 5.91 Å². The quantitative estimate of drug-likeness (QED) is 0.642. The Morgan fingerprint density at radius 1 is 1.46 bits per heavy atom. The van der Waals surface area contributed by atoms with E-state index in [4.69, 9.17) is 5.73 Å². The van der Waals surface area contributed by atoms with Crippen LogP contribution in [-0.2, 0) is 4.79 Å². The summed E-state index contributed by atoms with van der Waals surface area (Å²) in [6, 6.07) is 1.96. The lowest BCUT2D eigenvalue weighted by molar-refractivity contribution is -0.117. The molecule has 0 radical (unpaired) electrons.